The van der Waals surface area contributed by atoms with Gasteiger partial charge in [-0.25, -0.2) is 13.4 Å². The number of piperazine rings is 1. The Balaban J connectivity index is 1.27. The van der Waals surface area contributed by atoms with Gasteiger partial charge in [-0.2, -0.15) is 4.31 Å². The van der Waals surface area contributed by atoms with Gasteiger partial charge >= 0.3 is 0 Å². The van der Waals surface area contributed by atoms with Gasteiger partial charge in [-0.3, -0.25) is 4.79 Å². The molecule has 180 valence electrons. The molecule has 10 heteroatoms. The molecule has 0 aliphatic carbocycles. The first-order valence-corrected chi connectivity index (χ1v) is 13.7. The molecule has 34 heavy (non-hydrogen) atoms. The average molecular weight is 501 g/mol. The van der Waals surface area contributed by atoms with E-state index in [1.54, 1.807) is 23.5 Å². The molecular formula is C24H28N4O4S2. The number of sulfonamides is 1. The number of amides is 1. The molecular weight excluding hydrogens is 472 g/mol. The lowest BCUT2D eigenvalue weighted by Crippen LogP contribution is -2.54. The molecule has 5 rings (SSSR count). The van der Waals surface area contributed by atoms with E-state index in [1.807, 2.05) is 11.0 Å². The molecule has 2 fully saturated rings. The summed E-state index contributed by atoms with van der Waals surface area (Å²) in [5.41, 5.74) is 2.19. The molecule has 2 aromatic carbocycles. The largest absolute Gasteiger partial charge is 0.497 e. The molecule has 8 nitrogen and oxygen atoms in total. The van der Waals surface area contributed by atoms with E-state index >= 15 is 0 Å². The summed E-state index contributed by atoms with van der Waals surface area (Å²) in [6, 6.07) is 11.9. The van der Waals surface area contributed by atoms with Gasteiger partial charge in [0.15, 0.2) is 5.13 Å². The van der Waals surface area contributed by atoms with Gasteiger partial charge < -0.3 is 14.5 Å². The van der Waals surface area contributed by atoms with E-state index in [4.69, 9.17) is 9.72 Å². The Hall–Kier alpha value is -2.69. The number of hydrogen-bond acceptors (Lipinski definition) is 7. The number of ether oxygens (including phenoxy) is 1. The van der Waals surface area contributed by atoms with Gasteiger partial charge in [0, 0.05) is 32.7 Å². The number of benzene rings is 2. The van der Waals surface area contributed by atoms with Crippen molar-refractivity contribution in [1.82, 2.24) is 14.2 Å². The Morgan fingerprint density at radius 2 is 1.79 bits per heavy atom. The van der Waals surface area contributed by atoms with Crippen LogP contribution >= 0.6 is 11.3 Å². The van der Waals surface area contributed by atoms with Crippen molar-refractivity contribution >= 4 is 42.6 Å². The lowest BCUT2D eigenvalue weighted by molar-refractivity contribution is -0.134. The number of nitrogens with zero attached hydrogens (tertiary/aromatic N) is 4. The number of anilines is 1. The van der Waals surface area contributed by atoms with Crippen molar-refractivity contribution in [2.75, 3.05) is 44.7 Å². The maximum Gasteiger partial charge on any atom is 0.243 e. The van der Waals surface area contributed by atoms with Crippen molar-refractivity contribution < 1.29 is 17.9 Å². The van der Waals surface area contributed by atoms with Crippen molar-refractivity contribution in [3.05, 3.63) is 48.0 Å². The normalized spacial score (nSPS) is 19.6. The van der Waals surface area contributed by atoms with Crippen LogP contribution in [0.5, 0.6) is 5.75 Å². The summed E-state index contributed by atoms with van der Waals surface area (Å²) < 4.78 is 34.2. The fraction of sp³-hybridized carbons (Fsp3) is 0.417. The number of rotatable bonds is 5. The first kappa shape index (κ1) is 23.1. The van der Waals surface area contributed by atoms with Crippen LogP contribution in [0, 0.1) is 6.92 Å². The summed E-state index contributed by atoms with van der Waals surface area (Å²) in [5, 5.41) is 0.973. The molecule has 2 saturated heterocycles. The topological polar surface area (TPSA) is 83.0 Å². The highest BCUT2D eigenvalue weighted by molar-refractivity contribution is 7.89. The second-order valence-corrected chi connectivity index (χ2v) is 11.6. The first-order chi connectivity index (χ1) is 16.4. The molecule has 1 amide bonds. The summed E-state index contributed by atoms with van der Waals surface area (Å²) in [5.74, 6) is 0.489. The van der Waals surface area contributed by atoms with Gasteiger partial charge in [0.2, 0.25) is 15.9 Å². The summed E-state index contributed by atoms with van der Waals surface area (Å²) in [6.45, 7) is 4.90. The number of methoxy groups -OCH3 is 1. The molecule has 0 radical (unpaired) electrons. The molecule has 2 aliphatic heterocycles. The maximum absolute atomic E-state index is 13.4. The highest BCUT2D eigenvalue weighted by Crippen LogP contribution is 2.32. The Kier molecular flexibility index (Phi) is 6.22. The zero-order valence-electron chi connectivity index (χ0n) is 19.3. The van der Waals surface area contributed by atoms with Gasteiger partial charge in [-0.1, -0.05) is 23.5 Å². The number of fused-ring (bicyclic) bond motifs is 1. The summed E-state index contributed by atoms with van der Waals surface area (Å²) >= 11 is 1.67. The molecule has 1 aromatic heterocycles. The SMILES string of the molecule is COc1ccc(S(=O)(=O)N2CCCC2C(=O)N2CCN(c3nc4c(C)cccc4s3)CC2)cc1. The predicted octanol–water partition coefficient (Wildman–Crippen LogP) is 3.12. The Labute approximate surface area is 203 Å². The van der Waals surface area contributed by atoms with Crippen LogP contribution in [0.1, 0.15) is 18.4 Å². The maximum atomic E-state index is 13.4. The highest BCUT2D eigenvalue weighted by Gasteiger charge is 2.41. The van der Waals surface area contributed by atoms with Gasteiger partial charge in [0.25, 0.3) is 0 Å². The van der Waals surface area contributed by atoms with Crippen LogP contribution in [0.25, 0.3) is 10.2 Å². The van der Waals surface area contributed by atoms with E-state index in [0.29, 0.717) is 51.3 Å². The van der Waals surface area contributed by atoms with E-state index in [2.05, 4.69) is 24.0 Å². The second-order valence-electron chi connectivity index (χ2n) is 8.68. The molecule has 1 unspecified atom stereocenters. The van der Waals surface area contributed by atoms with E-state index in [0.717, 1.165) is 16.2 Å². The number of hydrogen-bond donors (Lipinski definition) is 0. The van der Waals surface area contributed by atoms with Crippen molar-refractivity contribution in [3.63, 3.8) is 0 Å². The minimum Gasteiger partial charge on any atom is -0.497 e. The van der Waals surface area contributed by atoms with Gasteiger partial charge in [0.1, 0.15) is 11.8 Å². The average Bonchev–Trinajstić information content (AvgIpc) is 3.53. The lowest BCUT2D eigenvalue weighted by atomic mass is 10.2. The van der Waals surface area contributed by atoms with Crippen LogP contribution in [-0.2, 0) is 14.8 Å². The van der Waals surface area contributed by atoms with Crippen LogP contribution in [0.4, 0.5) is 5.13 Å². The molecule has 2 aliphatic rings. The summed E-state index contributed by atoms with van der Waals surface area (Å²) in [6.07, 6.45) is 1.22. The standard InChI is InChI=1S/C24H28N4O4S2/c1-17-5-3-7-21-22(17)25-24(33-21)27-15-13-26(14-16-27)23(29)20-6-4-12-28(20)34(30,31)19-10-8-18(32-2)9-11-19/h3,5,7-11,20H,4,6,12-16H2,1-2H3. The van der Waals surface area contributed by atoms with E-state index in [-0.39, 0.29) is 10.8 Å². The van der Waals surface area contributed by atoms with Crippen molar-refractivity contribution in [3.8, 4) is 5.75 Å². The Morgan fingerprint density at radius 1 is 1.06 bits per heavy atom. The summed E-state index contributed by atoms with van der Waals surface area (Å²) in [4.78, 5) is 22.4. The number of carbonyl (C=O) groups is 1. The third-order valence-corrected chi connectivity index (χ3v) is 9.63. The monoisotopic (exact) mass is 500 g/mol. The van der Waals surface area contributed by atoms with Gasteiger partial charge in [0.05, 0.1) is 22.2 Å². The number of thiazole rings is 1. The van der Waals surface area contributed by atoms with Crippen LogP contribution in [0.3, 0.4) is 0 Å². The van der Waals surface area contributed by atoms with E-state index in [1.165, 1.54) is 28.2 Å². The zero-order chi connectivity index (χ0) is 23.9. The number of para-hydroxylation sites is 1. The van der Waals surface area contributed by atoms with Gasteiger partial charge in [-0.05, 0) is 55.7 Å². The smallest absolute Gasteiger partial charge is 0.243 e. The quantitative estimate of drug-likeness (QED) is 0.535. The second kappa shape index (κ2) is 9.16. The molecule has 3 aromatic rings. The van der Waals surface area contributed by atoms with Gasteiger partial charge in [-0.15, -0.1) is 0 Å². The van der Waals surface area contributed by atoms with Crippen LogP contribution < -0.4 is 9.64 Å². The zero-order valence-corrected chi connectivity index (χ0v) is 20.9. The Bertz CT molecular complexity index is 1300. The summed E-state index contributed by atoms with van der Waals surface area (Å²) in [7, 11) is -2.22. The van der Waals surface area contributed by atoms with E-state index < -0.39 is 16.1 Å². The Morgan fingerprint density at radius 3 is 2.47 bits per heavy atom. The molecule has 0 N–H and O–H groups in total. The predicted molar refractivity (Wildman–Crippen MR) is 133 cm³/mol. The van der Waals surface area contributed by atoms with E-state index in [9.17, 15) is 13.2 Å². The van der Waals surface area contributed by atoms with Crippen LogP contribution in [-0.4, -0.2) is 74.4 Å². The van der Waals surface area contributed by atoms with Crippen molar-refractivity contribution in [1.29, 1.82) is 0 Å². The number of aryl methyl sites for hydroxylation is 1. The third kappa shape index (κ3) is 4.14. The number of carbonyl (C=O) groups excluding carboxylic acids is 1. The minimum atomic E-state index is -3.76. The van der Waals surface area contributed by atoms with Crippen molar-refractivity contribution in [2.24, 2.45) is 0 Å². The molecule has 3 heterocycles. The minimum absolute atomic E-state index is 0.102. The number of aromatic nitrogens is 1. The first-order valence-electron chi connectivity index (χ1n) is 11.4. The molecule has 0 spiro atoms. The fourth-order valence-electron chi connectivity index (χ4n) is 4.70. The highest BCUT2D eigenvalue weighted by atomic mass is 32.2. The van der Waals surface area contributed by atoms with Crippen LogP contribution in [0.15, 0.2) is 47.4 Å². The molecule has 1 atom stereocenters. The molecule has 0 bridgehead atoms. The van der Waals surface area contributed by atoms with Crippen molar-refractivity contribution in [2.45, 2.75) is 30.7 Å². The lowest BCUT2D eigenvalue weighted by Gasteiger charge is -2.37. The third-order valence-electron chi connectivity index (χ3n) is 6.63. The molecule has 0 saturated carbocycles. The fourth-order valence-corrected chi connectivity index (χ4v) is 7.44. The van der Waals surface area contributed by atoms with Crippen LogP contribution in [0.2, 0.25) is 0 Å².